The van der Waals surface area contributed by atoms with Crippen LogP contribution in [0, 0.1) is 0 Å². The number of rotatable bonds is 2. The molecule has 1 aromatic rings. The molecule has 0 saturated carbocycles. The summed E-state index contributed by atoms with van der Waals surface area (Å²) in [5.41, 5.74) is 2.23. The minimum Gasteiger partial charge on any atom is -0.389 e. The summed E-state index contributed by atoms with van der Waals surface area (Å²) in [5, 5.41) is 9.56. The van der Waals surface area contributed by atoms with Crippen LogP contribution in [0.15, 0.2) is 22.7 Å². The summed E-state index contributed by atoms with van der Waals surface area (Å²) >= 11 is 3.62. The van der Waals surface area contributed by atoms with Gasteiger partial charge in [0.05, 0.1) is 11.8 Å². The SMILES string of the molecule is C[C@H](O)c1ccc(N2CCCCCC2)c(Br)c1. The molecule has 0 unspecified atom stereocenters. The Morgan fingerprint density at radius 2 is 1.82 bits per heavy atom. The van der Waals surface area contributed by atoms with Gasteiger partial charge in [0, 0.05) is 17.6 Å². The molecule has 1 aliphatic rings. The van der Waals surface area contributed by atoms with Crippen LogP contribution in [-0.4, -0.2) is 18.2 Å². The van der Waals surface area contributed by atoms with Crippen molar-refractivity contribution in [3.8, 4) is 0 Å². The molecule has 1 aliphatic heterocycles. The van der Waals surface area contributed by atoms with Crippen LogP contribution in [0.25, 0.3) is 0 Å². The molecule has 1 fully saturated rings. The van der Waals surface area contributed by atoms with E-state index in [1.54, 1.807) is 6.92 Å². The molecule has 0 spiro atoms. The maximum atomic E-state index is 9.56. The van der Waals surface area contributed by atoms with Crippen molar-refractivity contribution in [2.75, 3.05) is 18.0 Å². The van der Waals surface area contributed by atoms with Gasteiger partial charge in [0.1, 0.15) is 0 Å². The zero-order chi connectivity index (χ0) is 12.3. The summed E-state index contributed by atoms with van der Waals surface area (Å²) in [6.45, 7) is 4.09. The van der Waals surface area contributed by atoms with E-state index in [-0.39, 0.29) is 0 Å². The van der Waals surface area contributed by atoms with E-state index in [4.69, 9.17) is 0 Å². The first-order valence-electron chi connectivity index (χ1n) is 6.41. The van der Waals surface area contributed by atoms with E-state index < -0.39 is 6.10 Å². The average molecular weight is 298 g/mol. The molecule has 1 atom stereocenters. The van der Waals surface area contributed by atoms with E-state index >= 15 is 0 Å². The molecule has 0 amide bonds. The van der Waals surface area contributed by atoms with Crippen molar-refractivity contribution >= 4 is 21.6 Å². The molecule has 2 rings (SSSR count). The fraction of sp³-hybridized carbons (Fsp3) is 0.571. The average Bonchev–Trinajstić information content (AvgIpc) is 2.57. The zero-order valence-electron chi connectivity index (χ0n) is 10.3. The predicted molar refractivity (Wildman–Crippen MR) is 75.5 cm³/mol. The highest BCUT2D eigenvalue weighted by Gasteiger charge is 2.13. The van der Waals surface area contributed by atoms with E-state index in [1.807, 2.05) is 12.1 Å². The topological polar surface area (TPSA) is 23.5 Å². The Kier molecular flexibility index (Phi) is 4.46. The Hall–Kier alpha value is -0.540. The monoisotopic (exact) mass is 297 g/mol. The summed E-state index contributed by atoms with van der Waals surface area (Å²) in [5.74, 6) is 0. The number of halogens is 1. The van der Waals surface area contributed by atoms with Crippen LogP contribution in [-0.2, 0) is 0 Å². The molecule has 1 N–H and O–H groups in total. The van der Waals surface area contributed by atoms with Crippen molar-refractivity contribution in [3.63, 3.8) is 0 Å². The second-order valence-corrected chi connectivity index (χ2v) is 5.64. The highest BCUT2D eigenvalue weighted by atomic mass is 79.9. The van der Waals surface area contributed by atoms with E-state index in [1.165, 1.54) is 31.4 Å². The van der Waals surface area contributed by atoms with Crippen LogP contribution in [0.3, 0.4) is 0 Å². The molecule has 0 bridgehead atoms. The Bertz CT molecular complexity index is 370. The van der Waals surface area contributed by atoms with Crippen LogP contribution in [0.4, 0.5) is 5.69 Å². The molecule has 2 nitrogen and oxygen atoms in total. The van der Waals surface area contributed by atoms with Crippen molar-refractivity contribution in [1.82, 2.24) is 0 Å². The quantitative estimate of drug-likeness (QED) is 0.895. The van der Waals surface area contributed by atoms with Crippen molar-refractivity contribution < 1.29 is 5.11 Å². The van der Waals surface area contributed by atoms with Crippen LogP contribution < -0.4 is 4.90 Å². The van der Waals surface area contributed by atoms with Crippen molar-refractivity contribution in [2.24, 2.45) is 0 Å². The minimum atomic E-state index is -0.399. The lowest BCUT2D eigenvalue weighted by molar-refractivity contribution is 0.199. The van der Waals surface area contributed by atoms with Crippen LogP contribution in [0.5, 0.6) is 0 Å². The lowest BCUT2D eigenvalue weighted by Gasteiger charge is -2.24. The minimum absolute atomic E-state index is 0.399. The van der Waals surface area contributed by atoms with Gasteiger partial charge in [0.15, 0.2) is 0 Å². The highest BCUT2D eigenvalue weighted by Crippen LogP contribution is 2.30. The standard InChI is InChI=1S/C14H20BrNO/c1-11(17)12-6-7-14(13(15)10-12)16-8-4-2-3-5-9-16/h6-7,10-11,17H,2-5,8-9H2,1H3/t11-/m0/s1. The number of aliphatic hydroxyl groups is 1. The fourth-order valence-electron chi connectivity index (χ4n) is 2.35. The molecular weight excluding hydrogens is 278 g/mol. The molecule has 0 radical (unpaired) electrons. The first-order chi connectivity index (χ1) is 8.18. The number of nitrogens with zero attached hydrogens (tertiary/aromatic N) is 1. The summed E-state index contributed by atoms with van der Waals surface area (Å²) in [7, 11) is 0. The van der Waals surface area contributed by atoms with Crippen molar-refractivity contribution in [1.29, 1.82) is 0 Å². The van der Waals surface area contributed by atoms with E-state index in [0.717, 1.165) is 23.1 Å². The largest absolute Gasteiger partial charge is 0.389 e. The Labute approximate surface area is 112 Å². The lowest BCUT2D eigenvalue weighted by atomic mass is 10.1. The van der Waals surface area contributed by atoms with E-state index in [2.05, 4.69) is 26.9 Å². The Morgan fingerprint density at radius 1 is 1.18 bits per heavy atom. The van der Waals surface area contributed by atoms with Gasteiger partial charge in [0.2, 0.25) is 0 Å². The predicted octanol–water partition coefficient (Wildman–Crippen LogP) is 3.88. The van der Waals surface area contributed by atoms with Gasteiger partial charge in [-0.15, -0.1) is 0 Å². The van der Waals surface area contributed by atoms with Gasteiger partial charge in [-0.1, -0.05) is 18.9 Å². The van der Waals surface area contributed by atoms with Crippen LogP contribution in [0.1, 0.15) is 44.3 Å². The molecular formula is C14H20BrNO. The lowest BCUT2D eigenvalue weighted by Crippen LogP contribution is -2.24. The second-order valence-electron chi connectivity index (χ2n) is 4.79. The van der Waals surface area contributed by atoms with Gasteiger partial charge >= 0.3 is 0 Å². The summed E-state index contributed by atoms with van der Waals surface area (Å²) in [6, 6.07) is 6.18. The molecule has 0 aliphatic carbocycles. The molecule has 3 heteroatoms. The number of hydrogen-bond donors (Lipinski definition) is 1. The van der Waals surface area contributed by atoms with Crippen molar-refractivity contribution in [3.05, 3.63) is 28.2 Å². The van der Waals surface area contributed by atoms with Crippen LogP contribution >= 0.6 is 15.9 Å². The van der Waals surface area contributed by atoms with Crippen molar-refractivity contribution in [2.45, 2.75) is 38.7 Å². The number of benzene rings is 1. The first kappa shape index (κ1) is 12.9. The smallest absolute Gasteiger partial charge is 0.0762 e. The van der Waals surface area contributed by atoms with E-state index in [0.29, 0.717) is 0 Å². The molecule has 0 aromatic heterocycles. The van der Waals surface area contributed by atoms with Gasteiger partial charge < -0.3 is 10.0 Å². The van der Waals surface area contributed by atoms with Gasteiger partial charge in [0.25, 0.3) is 0 Å². The molecule has 17 heavy (non-hydrogen) atoms. The summed E-state index contributed by atoms with van der Waals surface area (Å²) < 4.78 is 1.10. The van der Waals surface area contributed by atoms with Gasteiger partial charge in [-0.2, -0.15) is 0 Å². The zero-order valence-corrected chi connectivity index (χ0v) is 11.9. The number of anilines is 1. The highest BCUT2D eigenvalue weighted by molar-refractivity contribution is 9.10. The molecule has 1 heterocycles. The second kappa shape index (κ2) is 5.87. The third kappa shape index (κ3) is 3.23. The van der Waals surface area contributed by atoms with Gasteiger partial charge in [-0.3, -0.25) is 0 Å². The van der Waals surface area contributed by atoms with Gasteiger partial charge in [-0.05, 0) is 53.4 Å². The summed E-state index contributed by atoms with van der Waals surface area (Å²) in [6.07, 6.45) is 4.86. The molecule has 94 valence electrons. The number of hydrogen-bond acceptors (Lipinski definition) is 2. The van der Waals surface area contributed by atoms with Gasteiger partial charge in [-0.25, -0.2) is 0 Å². The maximum absolute atomic E-state index is 9.56. The number of aliphatic hydroxyl groups excluding tert-OH is 1. The fourth-order valence-corrected chi connectivity index (χ4v) is 3.00. The third-order valence-electron chi connectivity index (χ3n) is 3.40. The molecule has 1 aromatic carbocycles. The Balaban J connectivity index is 2.19. The third-order valence-corrected chi connectivity index (χ3v) is 4.04. The maximum Gasteiger partial charge on any atom is 0.0762 e. The molecule has 1 saturated heterocycles. The Morgan fingerprint density at radius 3 is 2.35 bits per heavy atom. The normalized spacial score (nSPS) is 18.9. The summed E-state index contributed by atoms with van der Waals surface area (Å²) in [4.78, 5) is 2.45. The van der Waals surface area contributed by atoms with Crippen LogP contribution in [0.2, 0.25) is 0 Å². The first-order valence-corrected chi connectivity index (χ1v) is 7.20. The van der Waals surface area contributed by atoms with E-state index in [9.17, 15) is 5.11 Å².